The van der Waals surface area contributed by atoms with Crippen molar-refractivity contribution in [3.63, 3.8) is 0 Å². The van der Waals surface area contributed by atoms with Gasteiger partial charge in [-0.05, 0) is 31.9 Å². The van der Waals surface area contributed by atoms with Gasteiger partial charge in [0.05, 0.1) is 23.8 Å². The van der Waals surface area contributed by atoms with Gasteiger partial charge in [0.25, 0.3) is 0 Å². The van der Waals surface area contributed by atoms with E-state index >= 15 is 0 Å². The summed E-state index contributed by atoms with van der Waals surface area (Å²) in [7, 11) is -3.39. The molecule has 160 valence electrons. The molecule has 0 bridgehead atoms. The van der Waals surface area contributed by atoms with Gasteiger partial charge in [-0.3, -0.25) is 0 Å². The molecule has 0 aromatic carbocycles. The van der Waals surface area contributed by atoms with Crippen LogP contribution in [0, 0.1) is 11.7 Å². The third-order valence-corrected chi connectivity index (χ3v) is 6.32. The molecule has 0 saturated carbocycles. The van der Waals surface area contributed by atoms with Crippen LogP contribution in [0.2, 0.25) is 0 Å². The molecule has 1 unspecified atom stereocenters. The molecule has 4 heterocycles. The van der Waals surface area contributed by atoms with E-state index in [1.54, 1.807) is 12.3 Å². The maximum atomic E-state index is 14.5. The fourth-order valence-electron chi connectivity index (χ4n) is 3.62. The van der Waals surface area contributed by atoms with Crippen molar-refractivity contribution in [2.45, 2.75) is 30.5 Å². The summed E-state index contributed by atoms with van der Waals surface area (Å²) in [6.45, 7) is 3.46. The first-order valence-corrected chi connectivity index (χ1v) is 11.4. The largest absolute Gasteiger partial charge is 0.381 e. The molecule has 1 atom stereocenters. The van der Waals surface area contributed by atoms with E-state index in [1.807, 2.05) is 6.92 Å². The highest BCUT2D eigenvalue weighted by atomic mass is 32.2. The molecule has 2 aromatic rings. The van der Waals surface area contributed by atoms with E-state index in [-0.39, 0.29) is 16.7 Å². The highest BCUT2D eigenvalue weighted by Gasteiger charge is 2.39. The number of hydrogen-bond acceptors (Lipinski definition) is 9. The van der Waals surface area contributed by atoms with Crippen LogP contribution < -0.4 is 16.0 Å². The second-order valence-electron chi connectivity index (χ2n) is 7.59. The van der Waals surface area contributed by atoms with Gasteiger partial charge in [0, 0.05) is 31.6 Å². The molecule has 1 saturated heterocycles. The van der Waals surface area contributed by atoms with Crippen LogP contribution in [-0.2, 0) is 14.6 Å². The van der Waals surface area contributed by atoms with Gasteiger partial charge >= 0.3 is 0 Å². The summed E-state index contributed by atoms with van der Waals surface area (Å²) in [6.07, 6.45) is 7.09. The van der Waals surface area contributed by atoms with Crippen molar-refractivity contribution >= 4 is 27.2 Å². The molecule has 30 heavy (non-hydrogen) atoms. The van der Waals surface area contributed by atoms with Gasteiger partial charge in [-0.2, -0.15) is 0 Å². The molecule has 11 heteroatoms. The second-order valence-corrected chi connectivity index (χ2v) is 9.55. The normalized spacial score (nSPS) is 22.2. The Morgan fingerprint density at radius 1 is 1.23 bits per heavy atom. The fourth-order valence-corrected chi connectivity index (χ4v) is 4.17. The Hall–Kier alpha value is -2.79. The Morgan fingerprint density at radius 3 is 2.67 bits per heavy atom. The third kappa shape index (κ3) is 4.21. The van der Waals surface area contributed by atoms with Gasteiger partial charge in [0.15, 0.2) is 20.7 Å². The lowest BCUT2D eigenvalue weighted by atomic mass is 9.87. The maximum Gasteiger partial charge on any atom is 0.228 e. The quantitative estimate of drug-likeness (QED) is 0.647. The Balaban J connectivity index is 1.51. The fraction of sp³-hybridized carbons (Fsp3) is 0.421. The van der Waals surface area contributed by atoms with E-state index < -0.39 is 21.3 Å². The van der Waals surface area contributed by atoms with Crippen LogP contribution in [0.1, 0.15) is 25.5 Å². The summed E-state index contributed by atoms with van der Waals surface area (Å²) in [5.74, 6) is -0.0486. The number of hydrogen-bond donors (Lipinski definition) is 3. The zero-order valence-corrected chi connectivity index (χ0v) is 17.5. The molecule has 9 nitrogen and oxygen atoms in total. The van der Waals surface area contributed by atoms with Gasteiger partial charge in [-0.15, -0.1) is 0 Å². The number of ether oxygens (including phenoxy) is 1. The Labute approximate surface area is 174 Å². The van der Waals surface area contributed by atoms with E-state index in [9.17, 15) is 12.8 Å². The predicted molar refractivity (Wildman–Crippen MR) is 109 cm³/mol. The Morgan fingerprint density at radius 2 is 2.00 bits per heavy atom. The summed E-state index contributed by atoms with van der Waals surface area (Å²) in [5.41, 5.74) is 0.752. The minimum absolute atomic E-state index is 0.0347. The molecule has 0 radical (unpaired) electrons. The molecular formula is C19H23FN6O3S. The van der Waals surface area contributed by atoms with Crippen molar-refractivity contribution in [1.82, 2.24) is 25.6 Å². The van der Waals surface area contributed by atoms with Gasteiger partial charge < -0.3 is 20.7 Å². The number of pyridine rings is 1. The van der Waals surface area contributed by atoms with Crippen molar-refractivity contribution in [3.05, 3.63) is 42.2 Å². The molecule has 2 aliphatic heterocycles. The molecule has 3 N–H and O–H groups in total. The van der Waals surface area contributed by atoms with Crippen molar-refractivity contribution in [2.75, 3.05) is 24.8 Å². The Kier molecular flexibility index (Phi) is 5.33. The number of anilines is 2. The van der Waals surface area contributed by atoms with Crippen molar-refractivity contribution in [1.29, 1.82) is 0 Å². The first-order valence-electron chi connectivity index (χ1n) is 9.54. The number of nitrogens with zero attached hydrogens (tertiary/aromatic N) is 3. The van der Waals surface area contributed by atoms with E-state index in [1.165, 1.54) is 12.3 Å². The van der Waals surface area contributed by atoms with Crippen molar-refractivity contribution in [2.24, 2.45) is 5.92 Å². The molecule has 0 aliphatic carbocycles. The molecule has 0 amide bonds. The average Bonchev–Trinajstić information content (AvgIpc) is 3.13. The van der Waals surface area contributed by atoms with E-state index in [2.05, 4.69) is 30.9 Å². The van der Waals surface area contributed by atoms with Crippen molar-refractivity contribution in [3.8, 4) is 0 Å². The first-order chi connectivity index (χ1) is 14.2. The zero-order chi connectivity index (χ0) is 21.4. The van der Waals surface area contributed by atoms with E-state index in [0.717, 1.165) is 25.3 Å². The van der Waals surface area contributed by atoms with Crippen LogP contribution >= 0.6 is 0 Å². The number of rotatable bonds is 5. The predicted octanol–water partition coefficient (Wildman–Crippen LogP) is 1.79. The average molecular weight is 434 g/mol. The molecule has 4 rings (SSSR count). The minimum atomic E-state index is -3.39. The highest BCUT2D eigenvalue weighted by Crippen LogP contribution is 2.31. The number of aromatic nitrogens is 3. The van der Waals surface area contributed by atoms with Crippen LogP contribution in [0.25, 0.3) is 5.70 Å². The van der Waals surface area contributed by atoms with Crippen LogP contribution in [0.3, 0.4) is 0 Å². The van der Waals surface area contributed by atoms with E-state index in [4.69, 9.17) is 4.74 Å². The SMILES string of the molecule is CC1(C2CCOCC2)NC=C(c2nc(Nc3ccc(S(C)(=O)=O)nc3)ncc2F)N1. The highest BCUT2D eigenvalue weighted by molar-refractivity contribution is 7.90. The lowest BCUT2D eigenvalue weighted by molar-refractivity contribution is 0.0336. The summed E-state index contributed by atoms with van der Waals surface area (Å²) in [4.78, 5) is 12.2. The number of halogens is 1. The van der Waals surface area contributed by atoms with Gasteiger partial charge in [0.1, 0.15) is 11.4 Å². The monoisotopic (exact) mass is 434 g/mol. The molecular weight excluding hydrogens is 411 g/mol. The van der Waals surface area contributed by atoms with Crippen molar-refractivity contribution < 1.29 is 17.5 Å². The maximum absolute atomic E-state index is 14.5. The molecule has 1 fully saturated rings. The topological polar surface area (TPSA) is 118 Å². The lowest BCUT2D eigenvalue weighted by Crippen LogP contribution is -2.54. The second kappa shape index (κ2) is 7.80. The zero-order valence-electron chi connectivity index (χ0n) is 16.6. The van der Waals surface area contributed by atoms with Crippen LogP contribution in [0.5, 0.6) is 0 Å². The first kappa shape index (κ1) is 20.5. The number of sulfone groups is 1. The summed E-state index contributed by atoms with van der Waals surface area (Å²) in [5, 5.41) is 9.58. The standard InChI is InChI=1S/C19H23FN6O3S/c1-19(12-5-7-29-8-6-12)23-11-15(26-19)17-14(20)10-22-18(25-17)24-13-3-4-16(21-9-13)30(2,27)28/h3-4,9-12,23,26H,5-8H2,1-2H3,(H,22,24,25). The molecule has 2 aromatic heterocycles. The summed E-state index contributed by atoms with van der Waals surface area (Å²) < 4.78 is 43.0. The lowest BCUT2D eigenvalue weighted by Gasteiger charge is -2.38. The smallest absolute Gasteiger partial charge is 0.228 e. The Bertz CT molecular complexity index is 1070. The minimum Gasteiger partial charge on any atom is -0.381 e. The van der Waals surface area contributed by atoms with Crippen LogP contribution in [0.4, 0.5) is 16.0 Å². The molecule has 2 aliphatic rings. The summed E-state index contributed by atoms with van der Waals surface area (Å²) >= 11 is 0. The summed E-state index contributed by atoms with van der Waals surface area (Å²) in [6, 6.07) is 2.93. The van der Waals surface area contributed by atoms with Crippen LogP contribution in [0.15, 0.2) is 35.8 Å². The van der Waals surface area contributed by atoms with Crippen LogP contribution in [-0.4, -0.2) is 48.5 Å². The third-order valence-electron chi connectivity index (χ3n) is 5.32. The van der Waals surface area contributed by atoms with Gasteiger partial charge in [0.2, 0.25) is 5.95 Å². The number of nitrogens with one attached hydrogen (secondary N) is 3. The van der Waals surface area contributed by atoms with Gasteiger partial charge in [-0.25, -0.2) is 27.8 Å². The van der Waals surface area contributed by atoms with E-state index in [0.29, 0.717) is 30.5 Å². The molecule has 0 spiro atoms. The van der Waals surface area contributed by atoms with Gasteiger partial charge in [-0.1, -0.05) is 0 Å².